The molecule has 1 amide bonds. The van der Waals surface area contributed by atoms with E-state index in [2.05, 4.69) is 68.9 Å². The summed E-state index contributed by atoms with van der Waals surface area (Å²) in [6.45, 7) is 10.2. The molecule has 0 unspecified atom stereocenters. The molecule has 3 fully saturated rings. The SMILES string of the molecule is CC(C)c1nc(I)c(I)n1C12CC(OC(=O)NC(C)(C)C)(C1)C2. The zero-order valence-electron chi connectivity index (χ0n) is 14.2. The number of imidazole rings is 1. The predicted octanol–water partition coefficient (Wildman–Crippen LogP) is 4.37. The molecule has 0 atom stereocenters. The Morgan fingerprint density at radius 2 is 1.87 bits per heavy atom. The van der Waals surface area contributed by atoms with Gasteiger partial charge in [0.1, 0.15) is 18.8 Å². The van der Waals surface area contributed by atoms with Gasteiger partial charge in [0.15, 0.2) is 0 Å². The largest absolute Gasteiger partial charge is 0.443 e. The molecule has 2 bridgehead atoms. The summed E-state index contributed by atoms with van der Waals surface area (Å²) in [5.74, 6) is 1.54. The highest BCUT2D eigenvalue weighted by Gasteiger charge is 2.72. The van der Waals surface area contributed by atoms with Crippen LogP contribution in [-0.4, -0.2) is 26.8 Å². The minimum absolute atomic E-state index is 0.106. The molecule has 0 aliphatic heterocycles. The van der Waals surface area contributed by atoms with Crippen LogP contribution in [0.1, 0.15) is 65.6 Å². The topological polar surface area (TPSA) is 56.2 Å². The maximum atomic E-state index is 12.0. The quantitative estimate of drug-likeness (QED) is 0.577. The van der Waals surface area contributed by atoms with Gasteiger partial charge in [0.25, 0.3) is 0 Å². The van der Waals surface area contributed by atoms with Gasteiger partial charge in [-0.15, -0.1) is 0 Å². The normalized spacial score (nSPS) is 29.0. The third-order valence-corrected chi connectivity index (χ3v) is 7.32. The van der Waals surface area contributed by atoms with E-state index in [1.807, 2.05) is 20.8 Å². The van der Waals surface area contributed by atoms with Crippen molar-refractivity contribution in [3.05, 3.63) is 13.2 Å². The van der Waals surface area contributed by atoms with Crippen LogP contribution in [0.4, 0.5) is 4.79 Å². The van der Waals surface area contributed by atoms with Gasteiger partial charge < -0.3 is 14.6 Å². The van der Waals surface area contributed by atoms with E-state index in [0.717, 1.165) is 28.8 Å². The fraction of sp³-hybridized carbons (Fsp3) is 0.750. The minimum Gasteiger partial charge on any atom is -0.443 e. The van der Waals surface area contributed by atoms with E-state index in [0.29, 0.717) is 5.92 Å². The van der Waals surface area contributed by atoms with Gasteiger partial charge in [-0.2, -0.15) is 0 Å². The van der Waals surface area contributed by atoms with Gasteiger partial charge >= 0.3 is 6.09 Å². The summed E-state index contributed by atoms with van der Waals surface area (Å²) < 4.78 is 10.4. The number of hydrogen-bond donors (Lipinski definition) is 1. The fourth-order valence-electron chi connectivity index (χ4n) is 3.75. The molecule has 4 rings (SSSR count). The van der Waals surface area contributed by atoms with Crippen molar-refractivity contribution in [3.8, 4) is 0 Å². The number of halogens is 2. The number of rotatable bonds is 3. The molecule has 0 saturated heterocycles. The van der Waals surface area contributed by atoms with E-state index in [9.17, 15) is 4.79 Å². The Bertz CT molecular complexity index is 641. The zero-order valence-corrected chi connectivity index (χ0v) is 18.5. The molecule has 1 aromatic rings. The first-order chi connectivity index (χ1) is 10.5. The van der Waals surface area contributed by atoms with Gasteiger partial charge in [-0.05, 0) is 66.0 Å². The van der Waals surface area contributed by atoms with E-state index < -0.39 is 0 Å². The summed E-state index contributed by atoms with van der Waals surface area (Å²) in [6, 6.07) is 0. The van der Waals surface area contributed by atoms with Gasteiger partial charge in [0, 0.05) is 30.7 Å². The Morgan fingerprint density at radius 3 is 2.35 bits per heavy atom. The number of alkyl carbamates (subject to hydrolysis) is 1. The van der Waals surface area contributed by atoms with Crippen molar-refractivity contribution in [1.29, 1.82) is 0 Å². The van der Waals surface area contributed by atoms with Crippen LogP contribution in [0.15, 0.2) is 0 Å². The molecule has 3 saturated carbocycles. The third-order valence-electron chi connectivity index (χ3n) is 4.54. The summed E-state index contributed by atoms with van der Waals surface area (Å²) >= 11 is 4.69. The van der Waals surface area contributed by atoms with Crippen molar-refractivity contribution in [2.45, 2.75) is 76.5 Å². The average Bonchev–Trinajstić information content (AvgIpc) is 2.57. The van der Waals surface area contributed by atoms with Gasteiger partial charge in [0.05, 0.1) is 5.54 Å². The second-order valence-corrected chi connectivity index (χ2v) is 10.3. The van der Waals surface area contributed by atoms with Gasteiger partial charge in [-0.1, -0.05) is 13.8 Å². The van der Waals surface area contributed by atoms with Gasteiger partial charge in [-0.25, -0.2) is 9.78 Å². The second kappa shape index (κ2) is 5.47. The lowest BCUT2D eigenvalue weighted by Gasteiger charge is -2.69. The van der Waals surface area contributed by atoms with Crippen LogP contribution >= 0.6 is 45.2 Å². The highest BCUT2D eigenvalue weighted by Crippen LogP contribution is 2.68. The molecule has 1 heterocycles. The maximum absolute atomic E-state index is 12.0. The Morgan fingerprint density at radius 1 is 1.30 bits per heavy atom. The summed E-state index contributed by atoms with van der Waals surface area (Å²) in [4.78, 5) is 16.8. The predicted molar refractivity (Wildman–Crippen MR) is 106 cm³/mol. The first-order valence-corrected chi connectivity index (χ1v) is 10.1. The van der Waals surface area contributed by atoms with Gasteiger partial charge in [0.2, 0.25) is 0 Å². The number of hydrogen-bond acceptors (Lipinski definition) is 3. The summed E-state index contributed by atoms with van der Waals surface area (Å²) in [7, 11) is 0. The van der Waals surface area contributed by atoms with Crippen molar-refractivity contribution in [3.63, 3.8) is 0 Å². The lowest BCUT2D eigenvalue weighted by atomic mass is 9.46. The standard InChI is InChI=1S/C16H23I2N3O2/c1-9(2)12-19-10(17)11(18)21(12)15-6-16(7-15,8-15)23-13(22)20-14(3,4)5/h9H,6-8H2,1-5H3,(H,20,22). The number of carbonyl (C=O) groups is 1. The van der Waals surface area contributed by atoms with Crippen molar-refractivity contribution >= 4 is 51.3 Å². The monoisotopic (exact) mass is 543 g/mol. The molecular weight excluding hydrogens is 520 g/mol. The van der Waals surface area contributed by atoms with Crippen molar-refractivity contribution < 1.29 is 9.53 Å². The molecule has 0 radical (unpaired) electrons. The highest BCUT2D eigenvalue weighted by atomic mass is 127. The Labute approximate surface area is 164 Å². The molecule has 1 N–H and O–H groups in total. The average molecular weight is 543 g/mol. The summed E-state index contributed by atoms with van der Waals surface area (Å²) in [6.07, 6.45) is 2.41. The van der Waals surface area contributed by atoms with Gasteiger partial charge in [-0.3, -0.25) is 0 Å². The first-order valence-electron chi connectivity index (χ1n) is 7.92. The Hall–Kier alpha value is -0.0600. The first kappa shape index (κ1) is 17.8. The van der Waals surface area contributed by atoms with E-state index in [1.165, 1.54) is 3.70 Å². The van der Waals surface area contributed by atoms with Crippen LogP contribution in [0.3, 0.4) is 0 Å². The summed E-state index contributed by atoms with van der Waals surface area (Å²) in [5, 5.41) is 2.88. The number of amides is 1. The molecular formula is C16H23I2N3O2. The van der Waals surface area contributed by atoms with E-state index in [4.69, 9.17) is 9.72 Å². The lowest BCUT2D eigenvalue weighted by Crippen LogP contribution is -2.74. The van der Waals surface area contributed by atoms with Crippen LogP contribution in [0.2, 0.25) is 0 Å². The van der Waals surface area contributed by atoms with Crippen LogP contribution in [-0.2, 0) is 10.3 Å². The van der Waals surface area contributed by atoms with Crippen LogP contribution in [0.25, 0.3) is 0 Å². The molecule has 23 heavy (non-hydrogen) atoms. The number of nitrogens with one attached hydrogen (secondary N) is 1. The molecule has 3 aliphatic carbocycles. The fourth-order valence-corrected chi connectivity index (χ4v) is 5.11. The zero-order chi connectivity index (χ0) is 17.2. The molecule has 1 aromatic heterocycles. The number of nitrogens with zero attached hydrogens (tertiary/aromatic N) is 2. The molecule has 128 valence electrons. The van der Waals surface area contributed by atoms with Crippen LogP contribution in [0.5, 0.6) is 0 Å². The second-order valence-electron chi connectivity index (χ2n) is 8.24. The molecule has 0 aromatic carbocycles. The number of aromatic nitrogens is 2. The van der Waals surface area contributed by atoms with E-state index >= 15 is 0 Å². The van der Waals surface area contributed by atoms with E-state index in [1.54, 1.807) is 0 Å². The van der Waals surface area contributed by atoms with Crippen molar-refractivity contribution in [2.75, 3.05) is 0 Å². The molecule has 3 aliphatic rings. The number of ether oxygens (including phenoxy) is 1. The van der Waals surface area contributed by atoms with Crippen molar-refractivity contribution in [2.24, 2.45) is 0 Å². The van der Waals surface area contributed by atoms with Crippen LogP contribution < -0.4 is 5.32 Å². The Kier molecular flexibility index (Phi) is 4.22. The molecule has 7 heteroatoms. The molecule has 5 nitrogen and oxygen atoms in total. The minimum atomic E-state index is -0.301. The maximum Gasteiger partial charge on any atom is 0.408 e. The third kappa shape index (κ3) is 3.00. The smallest absolute Gasteiger partial charge is 0.408 e. The highest BCUT2D eigenvalue weighted by molar-refractivity contribution is 14.1. The summed E-state index contributed by atoms with van der Waals surface area (Å²) in [5.41, 5.74) is -0.421. The Balaban J connectivity index is 1.72. The van der Waals surface area contributed by atoms with E-state index in [-0.39, 0.29) is 22.8 Å². The number of carbonyl (C=O) groups excluding carboxylic acids is 1. The molecule has 0 spiro atoms. The van der Waals surface area contributed by atoms with Crippen molar-refractivity contribution in [1.82, 2.24) is 14.9 Å². The van der Waals surface area contributed by atoms with Crippen LogP contribution in [0, 0.1) is 7.40 Å². The lowest BCUT2D eigenvalue weighted by molar-refractivity contribution is -0.246.